The van der Waals surface area contributed by atoms with E-state index in [0.717, 1.165) is 19.4 Å². The molecule has 0 aliphatic heterocycles. The van der Waals surface area contributed by atoms with Crippen LogP contribution in [0.25, 0.3) is 0 Å². The van der Waals surface area contributed by atoms with Crippen LogP contribution in [0.2, 0.25) is 0 Å². The van der Waals surface area contributed by atoms with Gasteiger partial charge in [-0.1, -0.05) is 12.3 Å². The van der Waals surface area contributed by atoms with Gasteiger partial charge in [0.25, 0.3) is 0 Å². The number of unbranched alkanes of at least 4 members (excludes halogenated alkanes) is 1. The van der Waals surface area contributed by atoms with Crippen LogP contribution in [0.3, 0.4) is 0 Å². The van der Waals surface area contributed by atoms with E-state index < -0.39 is 12.0 Å². The number of carbonyl (C=O) groups is 1. The number of rotatable bonds is 8. The Balaban J connectivity index is 3.26. The maximum atomic E-state index is 10.4. The van der Waals surface area contributed by atoms with Crippen molar-refractivity contribution in [3.8, 4) is 12.3 Å². The Labute approximate surface area is 90.2 Å². The van der Waals surface area contributed by atoms with E-state index in [1.165, 1.54) is 0 Å². The summed E-state index contributed by atoms with van der Waals surface area (Å²) in [5, 5.41) is 11.6. The van der Waals surface area contributed by atoms with Crippen molar-refractivity contribution < 1.29 is 9.90 Å². The molecule has 15 heavy (non-hydrogen) atoms. The minimum absolute atomic E-state index is 0.258. The zero-order valence-electron chi connectivity index (χ0n) is 8.78. The first-order valence-corrected chi connectivity index (χ1v) is 4.98. The number of nitrogens with one attached hydrogen (secondary N) is 1. The molecule has 0 rings (SSSR count). The number of hydrogen-bond donors (Lipinski definition) is 4. The molecule has 5 nitrogen and oxygen atoms in total. The maximum absolute atomic E-state index is 10.4. The zero-order chi connectivity index (χ0) is 11.7. The molecular formula is C10H19N3O2. The van der Waals surface area contributed by atoms with Crippen molar-refractivity contribution in [2.45, 2.75) is 31.3 Å². The lowest BCUT2D eigenvalue weighted by atomic mass is 10.1. The van der Waals surface area contributed by atoms with Crippen LogP contribution in [0.5, 0.6) is 0 Å². The first-order valence-electron chi connectivity index (χ1n) is 4.98. The van der Waals surface area contributed by atoms with Crippen LogP contribution < -0.4 is 16.8 Å². The summed E-state index contributed by atoms with van der Waals surface area (Å²) < 4.78 is 0. The number of terminal acetylenes is 1. The lowest BCUT2D eigenvalue weighted by Crippen LogP contribution is -2.33. The lowest BCUT2D eigenvalue weighted by molar-refractivity contribution is -0.138. The lowest BCUT2D eigenvalue weighted by Gasteiger charge is -2.08. The Morgan fingerprint density at radius 2 is 2.13 bits per heavy atom. The summed E-state index contributed by atoms with van der Waals surface area (Å²) in [4.78, 5) is 10.4. The van der Waals surface area contributed by atoms with Crippen molar-refractivity contribution in [1.29, 1.82) is 0 Å². The largest absolute Gasteiger partial charge is 0.480 e. The molecule has 0 heterocycles. The third-order valence-electron chi connectivity index (χ3n) is 2.01. The Morgan fingerprint density at radius 3 is 2.67 bits per heavy atom. The molecule has 0 aromatic carbocycles. The predicted molar refractivity (Wildman–Crippen MR) is 59.1 cm³/mol. The highest BCUT2D eigenvalue weighted by atomic mass is 16.4. The van der Waals surface area contributed by atoms with Crippen molar-refractivity contribution in [3.05, 3.63) is 0 Å². The van der Waals surface area contributed by atoms with Crippen LogP contribution in [0.1, 0.15) is 19.3 Å². The van der Waals surface area contributed by atoms with Gasteiger partial charge in [-0.3, -0.25) is 4.79 Å². The van der Waals surface area contributed by atoms with E-state index in [1.54, 1.807) is 0 Å². The average Bonchev–Trinajstić information content (AvgIpc) is 2.22. The summed E-state index contributed by atoms with van der Waals surface area (Å²) in [5.41, 5.74) is 10.8. The summed E-state index contributed by atoms with van der Waals surface area (Å²) >= 11 is 0. The molecule has 86 valence electrons. The first-order chi connectivity index (χ1) is 7.07. The Kier molecular flexibility index (Phi) is 7.64. The van der Waals surface area contributed by atoms with E-state index in [0.29, 0.717) is 13.0 Å². The van der Waals surface area contributed by atoms with Gasteiger partial charge in [0.2, 0.25) is 0 Å². The normalized spacial score (nSPS) is 14.2. The third kappa shape index (κ3) is 7.94. The topological polar surface area (TPSA) is 101 Å². The summed E-state index contributed by atoms with van der Waals surface area (Å²) in [6, 6.07) is -1.01. The first kappa shape index (κ1) is 13.9. The minimum Gasteiger partial charge on any atom is -0.480 e. The van der Waals surface area contributed by atoms with Gasteiger partial charge in [0.05, 0.1) is 6.04 Å². The Hall–Kier alpha value is -1.09. The van der Waals surface area contributed by atoms with Gasteiger partial charge in [0, 0.05) is 6.54 Å². The van der Waals surface area contributed by atoms with E-state index in [9.17, 15) is 4.79 Å². The standard InChI is InChI=1S/C10H19N3O2/c1-2-8(11)7-13-6-4-3-5-9(12)10(14)15/h1,8-9,13H,3-7,11-12H2,(H,14,15)/t8?,9-/m0/s1. The van der Waals surface area contributed by atoms with Crippen molar-refractivity contribution in [3.63, 3.8) is 0 Å². The molecule has 6 N–H and O–H groups in total. The molecule has 0 amide bonds. The van der Waals surface area contributed by atoms with Crippen LogP contribution in [-0.2, 0) is 4.79 Å². The van der Waals surface area contributed by atoms with Gasteiger partial charge >= 0.3 is 5.97 Å². The molecule has 0 saturated carbocycles. The van der Waals surface area contributed by atoms with Crippen molar-refractivity contribution in [1.82, 2.24) is 5.32 Å². The summed E-state index contributed by atoms with van der Waals surface area (Å²) in [5.74, 6) is 1.46. The molecule has 0 saturated heterocycles. The molecule has 0 spiro atoms. The average molecular weight is 213 g/mol. The van der Waals surface area contributed by atoms with Gasteiger partial charge in [-0.25, -0.2) is 0 Å². The fraction of sp³-hybridized carbons (Fsp3) is 0.700. The van der Waals surface area contributed by atoms with E-state index in [1.807, 2.05) is 0 Å². The molecule has 0 radical (unpaired) electrons. The molecular weight excluding hydrogens is 194 g/mol. The van der Waals surface area contributed by atoms with E-state index in [-0.39, 0.29) is 6.04 Å². The summed E-state index contributed by atoms with van der Waals surface area (Å²) in [7, 11) is 0. The van der Waals surface area contributed by atoms with Crippen LogP contribution >= 0.6 is 0 Å². The number of carboxylic acids is 1. The second-order valence-corrected chi connectivity index (χ2v) is 3.42. The van der Waals surface area contributed by atoms with Crippen LogP contribution in [0.15, 0.2) is 0 Å². The SMILES string of the molecule is C#CC(N)CNCCCC[C@H](N)C(=O)O. The second-order valence-electron chi connectivity index (χ2n) is 3.42. The molecule has 0 aromatic rings. The fourth-order valence-electron chi connectivity index (χ4n) is 1.05. The number of carboxylic acid groups (broad SMARTS) is 1. The fourth-order valence-corrected chi connectivity index (χ4v) is 1.05. The predicted octanol–water partition coefficient (Wildman–Crippen LogP) is -0.881. The van der Waals surface area contributed by atoms with Crippen molar-refractivity contribution in [2.75, 3.05) is 13.1 Å². The van der Waals surface area contributed by atoms with Gasteiger partial charge in [-0.05, 0) is 19.4 Å². The Bertz CT molecular complexity index is 225. The third-order valence-corrected chi connectivity index (χ3v) is 2.01. The molecule has 1 unspecified atom stereocenters. The maximum Gasteiger partial charge on any atom is 0.320 e. The second kappa shape index (κ2) is 8.24. The molecule has 2 atom stereocenters. The summed E-state index contributed by atoms with van der Waals surface area (Å²) in [6.45, 7) is 1.36. The monoisotopic (exact) mass is 213 g/mol. The van der Waals surface area contributed by atoms with Gasteiger partial charge in [-0.2, -0.15) is 0 Å². The number of aliphatic carboxylic acids is 1. The molecule has 0 fully saturated rings. The number of nitrogens with two attached hydrogens (primary N) is 2. The molecule has 0 aromatic heterocycles. The quantitative estimate of drug-likeness (QED) is 0.310. The molecule has 0 aliphatic carbocycles. The molecule has 5 heteroatoms. The molecule has 0 bridgehead atoms. The number of hydrogen-bond acceptors (Lipinski definition) is 4. The van der Waals surface area contributed by atoms with Gasteiger partial charge < -0.3 is 21.9 Å². The van der Waals surface area contributed by atoms with Crippen LogP contribution in [0.4, 0.5) is 0 Å². The highest BCUT2D eigenvalue weighted by Crippen LogP contribution is 1.97. The van der Waals surface area contributed by atoms with Crippen molar-refractivity contribution in [2.24, 2.45) is 11.5 Å². The van der Waals surface area contributed by atoms with E-state index in [2.05, 4.69) is 11.2 Å². The minimum atomic E-state index is -0.947. The van der Waals surface area contributed by atoms with Gasteiger partial charge in [0.15, 0.2) is 0 Å². The molecule has 0 aliphatic rings. The Morgan fingerprint density at radius 1 is 1.47 bits per heavy atom. The smallest absolute Gasteiger partial charge is 0.320 e. The zero-order valence-corrected chi connectivity index (χ0v) is 8.78. The van der Waals surface area contributed by atoms with Crippen LogP contribution in [-0.4, -0.2) is 36.2 Å². The highest BCUT2D eigenvalue weighted by Gasteiger charge is 2.09. The van der Waals surface area contributed by atoms with E-state index >= 15 is 0 Å². The van der Waals surface area contributed by atoms with Gasteiger partial charge in [-0.15, -0.1) is 6.42 Å². The van der Waals surface area contributed by atoms with Crippen molar-refractivity contribution >= 4 is 5.97 Å². The van der Waals surface area contributed by atoms with Gasteiger partial charge in [0.1, 0.15) is 6.04 Å². The van der Waals surface area contributed by atoms with E-state index in [4.69, 9.17) is 23.0 Å². The summed E-state index contributed by atoms with van der Waals surface area (Å²) in [6.07, 6.45) is 7.24. The highest BCUT2D eigenvalue weighted by molar-refractivity contribution is 5.72. The van der Waals surface area contributed by atoms with Crippen LogP contribution in [0, 0.1) is 12.3 Å².